The van der Waals surface area contributed by atoms with Crippen molar-refractivity contribution in [3.05, 3.63) is 16.9 Å². The number of aliphatic carboxylic acids is 1. The summed E-state index contributed by atoms with van der Waals surface area (Å²) in [5, 5.41) is 16.8. The first kappa shape index (κ1) is 14.0. The highest BCUT2D eigenvalue weighted by molar-refractivity contribution is 6.31. The van der Waals surface area contributed by atoms with Gasteiger partial charge < -0.3 is 10.4 Å². The number of rotatable bonds is 6. The van der Waals surface area contributed by atoms with E-state index in [1.54, 1.807) is 24.7 Å². The molecule has 0 aliphatic carbocycles. The number of hydrogen-bond acceptors (Lipinski definition) is 3. The smallest absolute Gasteiger partial charge is 0.309 e. The maximum atomic E-state index is 10.9. The summed E-state index contributed by atoms with van der Waals surface area (Å²) < 4.78 is 1.71. The molecule has 2 N–H and O–H groups in total. The number of carbonyl (C=O) groups is 1. The van der Waals surface area contributed by atoms with Crippen LogP contribution in [-0.2, 0) is 18.4 Å². The Bertz CT molecular complexity index is 382. The number of carboxylic acid groups (broad SMARTS) is 1. The summed E-state index contributed by atoms with van der Waals surface area (Å²) in [5.74, 6) is -0.780. The van der Waals surface area contributed by atoms with Gasteiger partial charge in [-0.1, -0.05) is 11.6 Å². The first-order valence-corrected chi connectivity index (χ1v) is 5.83. The molecule has 0 amide bonds. The van der Waals surface area contributed by atoms with Gasteiger partial charge in [-0.2, -0.15) is 5.10 Å². The van der Waals surface area contributed by atoms with E-state index in [0.717, 1.165) is 5.69 Å². The zero-order valence-corrected chi connectivity index (χ0v) is 11.1. The fourth-order valence-electron chi connectivity index (χ4n) is 1.35. The van der Waals surface area contributed by atoms with Crippen LogP contribution in [-0.4, -0.2) is 27.4 Å². The Kier molecular flexibility index (Phi) is 4.54. The lowest BCUT2D eigenvalue weighted by Gasteiger charge is -2.18. The van der Waals surface area contributed by atoms with E-state index in [4.69, 9.17) is 16.7 Å². The maximum Gasteiger partial charge on any atom is 0.309 e. The minimum absolute atomic E-state index is 0.567. The van der Waals surface area contributed by atoms with E-state index in [9.17, 15) is 4.79 Å². The van der Waals surface area contributed by atoms with Gasteiger partial charge in [0.1, 0.15) is 0 Å². The van der Waals surface area contributed by atoms with E-state index >= 15 is 0 Å². The molecule has 0 unspecified atom stereocenters. The van der Waals surface area contributed by atoms with Crippen molar-refractivity contribution in [3.63, 3.8) is 0 Å². The van der Waals surface area contributed by atoms with Crippen LogP contribution >= 0.6 is 11.6 Å². The van der Waals surface area contributed by atoms with Gasteiger partial charge in [0.2, 0.25) is 0 Å². The monoisotopic (exact) mass is 259 g/mol. The molecule has 0 atom stereocenters. The van der Waals surface area contributed by atoms with Gasteiger partial charge in [0, 0.05) is 13.6 Å². The molecule has 1 heterocycles. The number of aromatic nitrogens is 2. The van der Waals surface area contributed by atoms with E-state index < -0.39 is 11.4 Å². The average molecular weight is 260 g/mol. The van der Waals surface area contributed by atoms with Crippen LogP contribution < -0.4 is 5.32 Å². The molecule has 0 spiro atoms. The molecule has 0 aromatic carbocycles. The van der Waals surface area contributed by atoms with Crippen molar-refractivity contribution in [2.75, 3.05) is 6.54 Å². The lowest BCUT2D eigenvalue weighted by Crippen LogP contribution is -2.29. The lowest BCUT2D eigenvalue weighted by atomic mass is 9.90. The molecule has 0 radical (unpaired) electrons. The van der Waals surface area contributed by atoms with Gasteiger partial charge in [0.05, 0.1) is 22.3 Å². The van der Waals surface area contributed by atoms with Crippen LogP contribution in [0.5, 0.6) is 0 Å². The second-order valence-corrected chi connectivity index (χ2v) is 5.09. The van der Waals surface area contributed by atoms with Crippen molar-refractivity contribution in [1.29, 1.82) is 0 Å². The van der Waals surface area contributed by atoms with Crippen molar-refractivity contribution in [3.8, 4) is 0 Å². The molecule has 0 bridgehead atoms. The van der Waals surface area contributed by atoms with Crippen molar-refractivity contribution in [2.24, 2.45) is 12.5 Å². The van der Waals surface area contributed by atoms with Crippen LogP contribution in [0, 0.1) is 5.41 Å². The molecule has 0 saturated carbocycles. The summed E-state index contributed by atoms with van der Waals surface area (Å²) in [5.41, 5.74) is 0.197. The van der Waals surface area contributed by atoms with Crippen molar-refractivity contribution >= 4 is 17.6 Å². The van der Waals surface area contributed by atoms with Gasteiger partial charge >= 0.3 is 5.97 Å². The van der Waals surface area contributed by atoms with Crippen LogP contribution in [0.4, 0.5) is 0 Å². The second-order valence-electron chi connectivity index (χ2n) is 4.68. The summed E-state index contributed by atoms with van der Waals surface area (Å²) in [6, 6.07) is 0. The lowest BCUT2D eigenvalue weighted by molar-refractivity contribution is -0.147. The quantitative estimate of drug-likeness (QED) is 0.763. The zero-order chi connectivity index (χ0) is 13.1. The van der Waals surface area contributed by atoms with E-state index in [0.29, 0.717) is 24.5 Å². The molecule has 0 aliphatic heterocycles. The molecule has 6 heteroatoms. The molecule has 5 nitrogen and oxygen atoms in total. The highest BCUT2D eigenvalue weighted by atomic mass is 35.5. The number of aryl methyl sites for hydroxylation is 1. The fourth-order valence-corrected chi connectivity index (χ4v) is 1.58. The summed E-state index contributed by atoms with van der Waals surface area (Å²) in [6.45, 7) is 4.65. The van der Waals surface area contributed by atoms with Gasteiger partial charge in [0.25, 0.3) is 0 Å². The molecule has 0 aliphatic rings. The van der Waals surface area contributed by atoms with Gasteiger partial charge in [0.15, 0.2) is 0 Å². The number of hydrogen-bond donors (Lipinski definition) is 2. The molecule has 0 saturated heterocycles. The van der Waals surface area contributed by atoms with Gasteiger partial charge in [-0.05, 0) is 26.8 Å². The van der Waals surface area contributed by atoms with Crippen LogP contribution in [0.3, 0.4) is 0 Å². The van der Waals surface area contributed by atoms with Crippen LogP contribution in [0.2, 0.25) is 5.02 Å². The van der Waals surface area contributed by atoms with Crippen LogP contribution in [0.25, 0.3) is 0 Å². The Hall–Kier alpha value is -1.07. The summed E-state index contributed by atoms with van der Waals surface area (Å²) in [4.78, 5) is 10.9. The number of nitrogens with one attached hydrogen (secondary N) is 1. The highest BCUT2D eigenvalue weighted by Gasteiger charge is 2.26. The molecule has 1 aromatic rings. The number of nitrogens with zero attached hydrogens (tertiary/aromatic N) is 2. The highest BCUT2D eigenvalue weighted by Crippen LogP contribution is 2.19. The number of halogens is 1. The third-order valence-corrected chi connectivity index (χ3v) is 3.12. The normalized spacial score (nSPS) is 11.8. The zero-order valence-electron chi connectivity index (χ0n) is 10.3. The van der Waals surface area contributed by atoms with E-state index in [2.05, 4.69) is 10.4 Å². The molecule has 1 rings (SSSR count). The fraction of sp³-hybridized carbons (Fsp3) is 0.636. The van der Waals surface area contributed by atoms with Crippen LogP contribution in [0.1, 0.15) is 26.0 Å². The van der Waals surface area contributed by atoms with Gasteiger partial charge in [-0.3, -0.25) is 9.48 Å². The first-order chi connectivity index (χ1) is 7.84. The second kappa shape index (κ2) is 5.51. The minimum atomic E-state index is -0.780. The molecular formula is C11H18ClN3O2. The number of carboxylic acids is 1. The third kappa shape index (κ3) is 3.71. The molecule has 0 fully saturated rings. The topological polar surface area (TPSA) is 67.2 Å². The SMILES string of the molecule is Cn1ncc(Cl)c1CNCCC(C)(C)C(=O)O. The van der Waals surface area contributed by atoms with Crippen molar-refractivity contribution < 1.29 is 9.90 Å². The Morgan fingerprint density at radius 2 is 2.29 bits per heavy atom. The molecular weight excluding hydrogens is 242 g/mol. The van der Waals surface area contributed by atoms with Gasteiger partial charge in [-0.25, -0.2) is 0 Å². The largest absolute Gasteiger partial charge is 0.481 e. The first-order valence-electron chi connectivity index (χ1n) is 5.45. The summed E-state index contributed by atoms with van der Waals surface area (Å²) in [6.07, 6.45) is 2.16. The van der Waals surface area contributed by atoms with Crippen molar-refractivity contribution in [2.45, 2.75) is 26.8 Å². The molecule has 17 heavy (non-hydrogen) atoms. The van der Waals surface area contributed by atoms with E-state index in [1.165, 1.54) is 0 Å². The average Bonchev–Trinajstić information content (AvgIpc) is 2.54. The standard InChI is InChI=1S/C11H18ClN3O2/c1-11(2,10(16)17)4-5-13-7-9-8(12)6-14-15(9)3/h6,13H,4-5,7H2,1-3H3,(H,16,17). The third-order valence-electron chi connectivity index (χ3n) is 2.81. The van der Waals surface area contributed by atoms with Crippen LogP contribution in [0.15, 0.2) is 6.20 Å². The molecule has 1 aromatic heterocycles. The maximum absolute atomic E-state index is 10.9. The van der Waals surface area contributed by atoms with E-state index in [-0.39, 0.29) is 0 Å². The molecule has 96 valence electrons. The predicted molar refractivity (Wildman–Crippen MR) is 66.0 cm³/mol. The Balaban J connectivity index is 2.37. The van der Waals surface area contributed by atoms with Gasteiger partial charge in [-0.15, -0.1) is 0 Å². The van der Waals surface area contributed by atoms with E-state index in [1.807, 2.05) is 7.05 Å². The predicted octanol–water partition coefficient (Wildman–Crippen LogP) is 1.66. The summed E-state index contributed by atoms with van der Waals surface area (Å²) >= 11 is 5.95. The van der Waals surface area contributed by atoms with Crippen molar-refractivity contribution in [1.82, 2.24) is 15.1 Å². The summed E-state index contributed by atoms with van der Waals surface area (Å²) in [7, 11) is 1.82. The minimum Gasteiger partial charge on any atom is -0.481 e. The Labute approximate surface area is 106 Å². The Morgan fingerprint density at radius 1 is 1.65 bits per heavy atom. The Morgan fingerprint density at radius 3 is 2.76 bits per heavy atom.